The van der Waals surface area contributed by atoms with Crippen LogP contribution in [0.3, 0.4) is 0 Å². The zero-order valence-corrected chi connectivity index (χ0v) is 12.2. The summed E-state index contributed by atoms with van der Waals surface area (Å²) >= 11 is 3.13. The van der Waals surface area contributed by atoms with Crippen molar-refractivity contribution >= 4 is 31.9 Å². The summed E-state index contributed by atoms with van der Waals surface area (Å²) < 4.78 is 26.4. The third kappa shape index (κ3) is 4.71. The summed E-state index contributed by atoms with van der Waals surface area (Å²) in [7, 11) is -3.71. The second-order valence-electron chi connectivity index (χ2n) is 3.51. The molecule has 0 spiro atoms. The van der Waals surface area contributed by atoms with E-state index in [1.165, 1.54) is 18.5 Å². The Balaban J connectivity index is 2.63. The summed E-state index contributed by atoms with van der Waals surface area (Å²) in [5.41, 5.74) is 0. The molecule has 100 valence electrons. The topological polar surface area (TPSA) is 88.2 Å². The lowest BCUT2D eigenvalue weighted by molar-refractivity contribution is -0.119. The van der Waals surface area contributed by atoms with Gasteiger partial charge in [0.2, 0.25) is 15.9 Å². The molecule has 0 saturated heterocycles. The van der Waals surface area contributed by atoms with Crippen LogP contribution in [0.25, 0.3) is 0 Å². The van der Waals surface area contributed by atoms with Gasteiger partial charge in [0.1, 0.15) is 4.90 Å². The fourth-order valence-corrected chi connectivity index (χ4v) is 2.60. The summed E-state index contributed by atoms with van der Waals surface area (Å²) in [4.78, 5) is 15.1. The Bertz CT molecular complexity index is 519. The Morgan fingerprint density at radius 3 is 2.78 bits per heavy atom. The molecule has 0 fully saturated rings. The van der Waals surface area contributed by atoms with Crippen molar-refractivity contribution in [2.45, 2.75) is 18.2 Å². The van der Waals surface area contributed by atoms with E-state index in [0.717, 1.165) is 6.42 Å². The quantitative estimate of drug-likeness (QED) is 0.798. The standard InChI is InChI=1S/C10H14BrN3O3S/c1-2-3-13-10(15)7-14-18(16,17)9-4-8(11)5-12-6-9/h4-6,14H,2-3,7H2,1H3,(H,13,15). The molecule has 0 aliphatic heterocycles. The van der Waals surface area contributed by atoms with Gasteiger partial charge in [-0.2, -0.15) is 0 Å². The maximum absolute atomic E-state index is 11.8. The number of halogens is 1. The van der Waals surface area contributed by atoms with E-state index in [4.69, 9.17) is 0 Å². The number of rotatable bonds is 6. The summed E-state index contributed by atoms with van der Waals surface area (Å²) in [6.07, 6.45) is 3.50. The Hall–Kier alpha value is -0.990. The predicted octanol–water partition coefficient (Wildman–Crippen LogP) is 0.649. The van der Waals surface area contributed by atoms with Crippen LogP contribution in [0.5, 0.6) is 0 Å². The number of hydrogen-bond acceptors (Lipinski definition) is 4. The van der Waals surface area contributed by atoms with Crippen molar-refractivity contribution in [3.8, 4) is 0 Å². The van der Waals surface area contributed by atoms with Gasteiger partial charge in [-0.15, -0.1) is 0 Å². The van der Waals surface area contributed by atoms with Crippen LogP contribution >= 0.6 is 15.9 Å². The zero-order valence-electron chi connectivity index (χ0n) is 9.81. The highest BCUT2D eigenvalue weighted by molar-refractivity contribution is 9.10. The molecule has 1 amide bonds. The van der Waals surface area contributed by atoms with Crippen molar-refractivity contribution in [1.82, 2.24) is 15.0 Å². The molecule has 0 atom stereocenters. The number of aromatic nitrogens is 1. The molecule has 1 heterocycles. The molecule has 6 nitrogen and oxygen atoms in total. The van der Waals surface area contributed by atoms with Crippen LogP contribution in [0.4, 0.5) is 0 Å². The fourth-order valence-electron chi connectivity index (χ4n) is 1.11. The van der Waals surface area contributed by atoms with Crippen LogP contribution < -0.4 is 10.0 Å². The van der Waals surface area contributed by atoms with Crippen LogP contribution in [0, 0.1) is 0 Å². The van der Waals surface area contributed by atoms with E-state index in [-0.39, 0.29) is 17.3 Å². The molecular weight excluding hydrogens is 322 g/mol. The molecule has 0 radical (unpaired) electrons. The molecule has 0 aliphatic carbocycles. The van der Waals surface area contributed by atoms with Gasteiger partial charge in [-0.3, -0.25) is 9.78 Å². The first-order valence-corrected chi connectivity index (χ1v) is 7.60. The minimum absolute atomic E-state index is 0.0140. The van der Waals surface area contributed by atoms with Crippen molar-refractivity contribution in [1.29, 1.82) is 0 Å². The van der Waals surface area contributed by atoms with Gasteiger partial charge in [0.05, 0.1) is 6.54 Å². The first-order chi connectivity index (χ1) is 8.45. The predicted molar refractivity (Wildman–Crippen MR) is 70.4 cm³/mol. The maximum atomic E-state index is 11.8. The normalized spacial score (nSPS) is 11.2. The summed E-state index contributed by atoms with van der Waals surface area (Å²) in [5.74, 6) is -0.358. The summed E-state index contributed by atoms with van der Waals surface area (Å²) in [6, 6.07) is 1.42. The molecule has 0 aliphatic rings. The number of amides is 1. The second kappa shape index (κ2) is 6.81. The number of nitrogens with zero attached hydrogens (tertiary/aromatic N) is 1. The minimum atomic E-state index is -3.71. The van der Waals surface area contributed by atoms with E-state index in [0.29, 0.717) is 11.0 Å². The number of carbonyl (C=O) groups excluding carboxylic acids is 1. The van der Waals surface area contributed by atoms with Crippen molar-refractivity contribution < 1.29 is 13.2 Å². The average Bonchev–Trinajstić information content (AvgIpc) is 2.34. The van der Waals surface area contributed by atoms with Gasteiger partial charge < -0.3 is 5.32 Å². The molecule has 8 heteroatoms. The van der Waals surface area contributed by atoms with Gasteiger partial charge in [0, 0.05) is 23.4 Å². The third-order valence-corrected chi connectivity index (χ3v) is 3.79. The Morgan fingerprint density at radius 2 is 2.17 bits per heavy atom. The molecule has 1 aromatic heterocycles. The smallest absolute Gasteiger partial charge is 0.242 e. The van der Waals surface area contributed by atoms with Crippen LogP contribution in [0.15, 0.2) is 27.8 Å². The molecule has 0 saturated carbocycles. The fraction of sp³-hybridized carbons (Fsp3) is 0.400. The lowest BCUT2D eigenvalue weighted by Crippen LogP contribution is -2.37. The highest BCUT2D eigenvalue weighted by Crippen LogP contribution is 2.13. The van der Waals surface area contributed by atoms with Gasteiger partial charge in [0.25, 0.3) is 0 Å². The molecule has 0 aromatic carbocycles. The van der Waals surface area contributed by atoms with E-state index in [2.05, 4.69) is 31.0 Å². The number of hydrogen-bond donors (Lipinski definition) is 2. The lowest BCUT2D eigenvalue weighted by Gasteiger charge is -2.07. The van der Waals surface area contributed by atoms with Gasteiger partial charge in [-0.1, -0.05) is 6.92 Å². The van der Waals surface area contributed by atoms with Crippen molar-refractivity contribution in [3.63, 3.8) is 0 Å². The van der Waals surface area contributed by atoms with E-state index in [1.807, 2.05) is 6.92 Å². The SMILES string of the molecule is CCCNC(=O)CNS(=O)(=O)c1cncc(Br)c1. The number of pyridine rings is 1. The number of nitrogens with one attached hydrogen (secondary N) is 2. The first kappa shape index (κ1) is 15.1. The van der Waals surface area contributed by atoms with Crippen LogP contribution in [0.1, 0.15) is 13.3 Å². The zero-order chi connectivity index (χ0) is 13.6. The molecule has 0 unspecified atom stereocenters. The van der Waals surface area contributed by atoms with Crippen LogP contribution in [-0.2, 0) is 14.8 Å². The molecule has 18 heavy (non-hydrogen) atoms. The largest absolute Gasteiger partial charge is 0.355 e. The third-order valence-electron chi connectivity index (χ3n) is 1.99. The Labute approximate surface area is 114 Å². The maximum Gasteiger partial charge on any atom is 0.242 e. The van der Waals surface area contributed by atoms with Gasteiger partial charge in [-0.05, 0) is 28.4 Å². The van der Waals surface area contributed by atoms with E-state index in [1.54, 1.807) is 0 Å². The molecule has 1 aromatic rings. The monoisotopic (exact) mass is 335 g/mol. The molecular formula is C10H14BrN3O3S. The Kier molecular flexibility index (Phi) is 5.70. The number of carbonyl (C=O) groups is 1. The van der Waals surface area contributed by atoms with E-state index >= 15 is 0 Å². The first-order valence-electron chi connectivity index (χ1n) is 5.32. The number of sulfonamides is 1. The highest BCUT2D eigenvalue weighted by Gasteiger charge is 2.15. The molecule has 0 bridgehead atoms. The minimum Gasteiger partial charge on any atom is -0.355 e. The highest BCUT2D eigenvalue weighted by atomic mass is 79.9. The Morgan fingerprint density at radius 1 is 1.44 bits per heavy atom. The van der Waals surface area contributed by atoms with E-state index in [9.17, 15) is 13.2 Å². The lowest BCUT2D eigenvalue weighted by atomic mass is 10.5. The van der Waals surface area contributed by atoms with Crippen molar-refractivity contribution in [3.05, 3.63) is 22.9 Å². The van der Waals surface area contributed by atoms with Gasteiger partial charge in [0.15, 0.2) is 0 Å². The van der Waals surface area contributed by atoms with Gasteiger partial charge >= 0.3 is 0 Å². The molecule has 1 rings (SSSR count). The summed E-state index contributed by atoms with van der Waals surface area (Å²) in [5, 5.41) is 2.58. The molecule has 2 N–H and O–H groups in total. The van der Waals surface area contributed by atoms with Crippen molar-refractivity contribution in [2.75, 3.05) is 13.1 Å². The summed E-state index contributed by atoms with van der Waals surface area (Å²) in [6.45, 7) is 2.16. The van der Waals surface area contributed by atoms with E-state index < -0.39 is 10.0 Å². The van der Waals surface area contributed by atoms with Crippen LogP contribution in [-0.4, -0.2) is 32.4 Å². The second-order valence-corrected chi connectivity index (χ2v) is 6.20. The van der Waals surface area contributed by atoms with Gasteiger partial charge in [-0.25, -0.2) is 13.1 Å². The average molecular weight is 336 g/mol. The van der Waals surface area contributed by atoms with Crippen LogP contribution in [0.2, 0.25) is 0 Å². The van der Waals surface area contributed by atoms with Crippen molar-refractivity contribution in [2.24, 2.45) is 0 Å².